The van der Waals surface area contributed by atoms with Crippen molar-refractivity contribution in [3.05, 3.63) is 21.9 Å². The Morgan fingerprint density at radius 1 is 1.53 bits per heavy atom. The lowest BCUT2D eigenvalue weighted by Gasteiger charge is -2.16. The maximum atomic E-state index is 11.9. The highest BCUT2D eigenvalue weighted by molar-refractivity contribution is 7.10. The number of carboxylic acids is 1. The molecule has 0 spiro atoms. The number of rotatable bonds is 4. The predicted octanol–water partition coefficient (Wildman–Crippen LogP) is 1.74. The van der Waals surface area contributed by atoms with E-state index in [1.165, 1.54) is 5.56 Å². The normalized spacial score (nSPS) is 22.2. The van der Waals surface area contributed by atoms with E-state index in [4.69, 9.17) is 5.11 Å². The Bertz CT molecular complexity index is 454. The number of carboxylic acid groups (broad SMARTS) is 1. The van der Waals surface area contributed by atoms with Gasteiger partial charge in [0.25, 0.3) is 0 Å². The van der Waals surface area contributed by atoms with Crippen molar-refractivity contribution in [1.29, 1.82) is 0 Å². The number of nitrogens with zero attached hydrogens (tertiary/aromatic N) is 1. The minimum atomic E-state index is -0.857. The van der Waals surface area contributed by atoms with E-state index in [9.17, 15) is 9.59 Å². The molecular weight excluding hydrogens is 238 g/mol. The topological polar surface area (TPSA) is 57.6 Å². The fraction of sp³-hybridized carbons (Fsp3) is 0.500. The van der Waals surface area contributed by atoms with Crippen LogP contribution in [0, 0.1) is 18.8 Å². The molecule has 1 aliphatic rings. The van der Waals surface area contributed by atoms with Crippen molar-refractivity contribution in [3.63, 3.8) is 0 Å². The average Bonchev–Trinajstić information content (AvgIpc) is 2.98. The molecule has 2 unspecified atom stereocenters. The van der Waals surface area contributed by atoms with Crippen LogP contribution in [0.4, 0.5) is 0 Å². The minimum Gasteiger partial charge on any atom is -0.481 e. The molecule has 4 nitrogen and oxygen atoms in total. The molecule has 0 radical (unpaired) electrons. The summed E-state index contributed by atoms with van der Waals surface area (Å²) in [5, 5.41) is 10.8. The lowest BCUT2D eigenvalue weighted by atomic mass is 10.2. The fourth-order valence-corrected chi connectivity index (χ4v) is 2.84. The first-order chi connectivity index (χ1) is 8.00. The van der Waals surface area contributed by atoms with Crippen LogP contribution in [0.3, 0.4) is 0 Å². The number of aliphatic carboxylic acids is 1. The summed E-state index contributed by atoms with van der Waals surface area (Å²) in [6.07, 6.45) is 0.488. The van der Waals surface area contributed by atoms with Crippen molar-refractivity contribution < 1.29 is 14.7 Å². The number of hydrogen-bond acceptors (Lipinski definition) is 3. The largest absolute Gasteiger partial charge is 0.481 e. The van der Waals surface area contributed by atoms with Crippen LogP contribution in [0.5, 0.6) is 0 Å². The van der Waals surface area contributed by atoms with Gasteiger partial charge in [0, 0.05) is 11.9 Å². The molecule has 2 rings (SSSR count). The van der Waals surface area contributed by atoms with Crippen LogP contribution >= 0.6 is 11.3 Å². The molecule has 0 bridgehead atoms. The van der Waals surface area contributed by atoms with Gasteiger partial charge in [-0.15, -0.1) is 11.3 Å². The molecule has 1 aromatic rings. The SMILES string of the molecule is Cc1ccsc1CN(C)C(=O)C1CC1C(=O)O. The van der Waals surface area contributed by atoms with Crippen LogP contribution < -0.4 is 0 Å². The second kappa shape index (κ2) is 4.49. The first kappa shape index (κ1) is 12.1. The zero-order valence-electron chi connectivity index (χ0n) is 9.84. The van der Waals surface area contributed by atoms with Gasteiger partial charge >= 0.3 is 5.97 Å². The van der Waals surface area contributed by atoms with E-state index in [2.05, 4.69) is 0 Å². The standard InChI is InChI=1S/C12H15NO3S/c1-7-3-4-17-10(7)6-13(2)11(14)8-5-9(8)12(15)16/h3-4,8-9H,5-6H2,1-2H3,(H,15,16). The summed E-state index contributed by atoms with van der Waals surface area (Å²) >= 11 is 1.62. The summed E-state index contributed by atoms with van der Waals surface area (Å²) in [5.74, 6) is -1.68. The Kier molecular flexibility index (Phi) is 3.19. The highest BCUT2D eigenvalue weighted by Gasteiger charge is 2.49. The summed E-state index contributed by atoms with van der Waals surface area (Å²) in [4.78, 5) is 25.4. The number of carbonyl (C=O) groups is 2. The van der Waals surface area contributed by atoms with Gasteiger partial charge in [-0.2, -0.15) is 0 Å². The molecule has 1 fully saturated rings. The summed E-state index contributed by atoms with van der Waals surface area (Å²) < 4.78 is 0. The van der Waals surface area contributed by atoms with Crippen LogP contribution in [0.25, 0.3) is 0 Å². The Morgan fingerprint density at radius 3 is 2.71 bits per heavy atom. The quantitative estimate of drug-likeness (QED) is 0.889. The molecule has 1 amide bonds. The third-order valence-corrected chi connectivity index (χ3v) is 4.16. The monoisotopic (exact) mass is 253 g/mol. The highest BCUT2D eigenvalue weighted by Crippen LogP contribution is 2.40. The summed E-state index contributed by atoms with van der Waals surface area (Å²) in [7, 11) is 1.73. The minimum absolute atomic E-state index is 0.0507. The molecule has 1 heterocycles. The van der Waals surface area contributed by atoms with Gasteiger partial charge in [0.05, 0.1) is 18.4 Å². The zero-order valence-corrected chi connectivity index (χ0v) is 10.7. The van der Waals surface area contributed by atoms with Crippen LogP contribution in [0.2, 0.25) is 0 Å². The molecule has 1 N–H and O–H groups in total. The van der Waals surface area contributed by atoms with Crippen LogP contribution in [-0.2, 0) is 16.1 Å². The van der Waals surface area contributed by atoms with Gasteiger partial charge in [-0.3, -0.25) is 9.59 Å². The Morgan fingerprint density at radius 2 is 2.24 bits per heavy atom. The van der Waals surface area contributed by atoms with Crippen molar-refractivity contribution in [2.45, 2.75) is 19.9 Å². The summed E-state index contributed by atoms with van der Waals surface area (Å²) in [6.45, 7) is 2.59. The van der Waals surface area contributed by atoms with E-state index < -0.39 is 11.9 Å². The highest BCUT2D eigenvalue weighted by atomic mass is 32.1. The van der Waals surface area contributed by atoms with E-state index in [0.717, 1.165) is 4.88 Å². The number of aryl methyl sites for hydroxylation is 1. The molecule has 1 saturated carbocycles. The molecule has 17 heavy (non-hydrogen) atoms. The second-order valence-electron chi connectivity index (χ2n) is 4.51. The average molecular weight is 253 g/mol. The molecule has 0 saturated heterocycles. The Labute approximate surface area is 104 Å². The lowest BCUT2D eigenvalue weighted by Crippen LogP contribution is -2.28. The molecule has 0 aromatic carbocycles. The fourth-order valence-electron chi connectivity index (χ4n) is 1.88. The van der Waals surface area contributed by atoms with E-state index in [-0.39, 0.29) is 11.8 Å². The molecule has 1 aliphatic carbocycles. The van der Waals surface area contributed by atoms with Crippen LogP contribution in [0.1, 0.15) is 16.9 Å². The maximum Gasteiger partial charge on any atom is 0.307 e. The number of thiophene rings is 1. The van der Waals surface area contributed by atoms with Crippen LogP contribution in [0.15, 0.2) is 11.4 Å². The van der Waals surface area contributed by atoms with Crippen LogP contribution in [-0.4, -0.2) is 28.9 Å². The third-order valence-electron chi connectivity index (χ3n) is 3.15. The van der Waals surface area contributed by atoms with Crippen molar-refractivity contribution in [3.8, 4) is 0 Å². The molecule has 0 aliphatic heterocycles. The van der Waals surface area contributed by atoms with Gasteiger partial charge < -0.3 is 10.0 Å². The zero-order chi connectivity index (χ0) is 12.6. The van der Waals surface area contributed by atoms with E-state index in [1.54, 1.807) is 23.3 Å². The van der Waals surface area contributed by atoms with E-state index in [0.29, 0.717) is 13.0 Å². The van der Waals surface area contributed by atoms with Crippen molar-refractivity contribution >= 4 is 23.2 Å². The summed E-state index contributed by atoms with van der Waals surface area (Å²) in [5.41, 5.74) is 1.18. The van der Waals surface area contributed by atoms with Gasteiger partial charge in [0.2, 0.25) is 5.91 Å². The van der Waals surface area contributed by atoms with E-state index >= 15 is 0 Å². The van der Waals surface area contributed by atoms with Gasteiger partial charge in [-0.1, -0.05) is 0 Å². The summed E-state index contributed by atoms with van der Waals surface area (Å²) in [6, 6.07) is 2.02. The first-order valence-electron chi connectivity index (χ1n) is 5.51. The predicted molar refractivity (Wildman–Crippen MR) is 64.8 cm³/mol. The number of hydrogen-bond donors (Lipinski definition) is 1. The molecular formula is C12H15NO3S. The van der Waals surface area contributed by atoms with Crippen molar-refractivity contribution in [2.24, 2.45) is 11.8 Å². The van der Waals surface area contributed by atoms with Gasteiger partial charge in [0.15, 0.2) is 0 Å². The second-order valence-corrected chi connectivity index (χ2v) is 5.51. The first-order valence-corrected chi connectivity index (χ1v) is 6.39. The smallest absolute Gasteiger partial charge is 0.307 e. The lowest BCUT2D eigenvalue weighted by molar-refractivity contribution is -0.141. The molecule has 1 aromatic heterocycles. The maximum absolute atomic E-state index is 11.9. The van der Waals surface area contributed by atoms with Crippen molar-refractivity contribution in [1.82, 2.24) is 4.90 Å². The number of carbonyl (C=O) groups excluding carboxylic acids is 1. The van der Waals surface area contributed by atoms with E-state index in [1.807, 2.05) is 18.4 Å². The molecule has 5 heteroatoms. The Hall–Kier alpha value is -1.36. The van der Waals surface area contributed by atoms with Crippen molar-refractivity contribution in [2.75, 3.05) is 7.05 Å². The molecule has 2 atom stereocenters. The third kappa shape index (κ3) is 2.49. The Balaban J connectivity index is 1.93. The van der Waals surface area contributed by atoms with Gasteiger partial charge in [-0.25, -0.2) is 0 Å². The van der Waals surface area contributed by atoms with Gasteiger partial charge in [-0.05, 0) is 30.4 Å². The van der Waals surface area contributed by atoms with Gasteiger partial charge in [0.1, 0.15) is 0 Å². The molecule has 92 valence electrons. The number of amides is 1.